The number of nitrogens with one attached hydrogen (secondary N) is 1. The number of nitrogens with zero attached hydrogens (tertiary/aromatic N) is 1. The van der Waals surface area contributed by atoms with Gasteiger partial charge in [0, 0.05) is 10.6 Å². The summed E-state index contributed by atoms with van der Waals surface area (Å²) < 4.78 is 0. The minimum atomic E-state index is -0.714. The number of carbonyl (C=O) groups is 1. The van der Waals surface area contributed by atoms with E-state index in [1.165, 1.54) is 0 Å². The van der Waals surface area contributed by atoms with Crippen molar-refractivity contribution in [1.82, 2.24) is 5.32 Å². The monoisotopic (exact) mass is 306 g/mol. The average Bonchev–Trinajstić information content (AvgIpc) is 3.30. The van der Waals surface area contributed by atoms with Gasteiger partial charge in [-0.2, -0.15) is 5.26 Å². The van der Waals surface area contributed by atoms with Crippen LogP contribution in [0.3, 0.4) is 0 Å². The highest BCUT2D eigenvalue weighted by atomic mass is 35.5. The summed E-state index contributed by atoms with van der Waals surface area (Å²) in [6.45, 7) is 4.17. The first-order valence-electron chi connectivity index (χ1n) is 7.25. The van der Waals surface area contributed by atoms with Crippen LogP contribution in [-0.4, -0.2) is 18.0 Å². The van der Waals surface area contributed by atoms with E-state index in [1.54, 1.807) is 0 Å². The van der Waals surface area contributed by atoms with Crippen molar-refractivity contribution in [2.45, 2.75) is 38.3 Å². The topological polar surface area (TPSA) is 69.5 Å². The largest absolute Gasteiger partial charge is 0.333 e. The molecule has 1 fully saturated rings. The maximum absolute atomic E-state index is 12.0. The Morgan fingerprint density at radius 2 is 2.14 bits per heavy atom. The Kier molecular flexibility index (Phi) is 4.87. The van der Waals surface area contributed by atoms with Crippen molar-refractivity contribution in [1.29, 1.82) is 5.26 Å². The number of hydrogen-bond donors (Lipinski definition) is 2. The Hall–Kier alpha value is -1.57. The van der Waals surface area contributed by atoms with Gasteiger partial charge in [-0.3, -0.25) is 4.79 Å². The number of carbonyl (C=O) groups excluding carboxylic acids is 1. The maximum atomic E-state index is 12.0. The molecule has 0 heterocycles. The number of rotatable bonds is 6. The molecule has 5 heteroatoms. The summed E-state index contributed by atoms with van der Waals surface area (Å²) in [5.74, 6) is 0.215. The predicted molar refractivity (Wildman–Crippen MR) is 81.5 cm³/mol. The number of quaternary nitrogens is 1. The minimum Gasteiger partial charge on any atom is -0.333 e. The van der Waals surface area contributed by atoms with Crippen LogP contribution < -0.4 is 10.6 Å². The van der Waals surface area contributed by atoms with Crippen molar-refractivity contribution in [3.8, 4) is 6.07 Å². The summed E-state index contributed by atoms with van der Waals surface area (Å²) in [5.41, 5.74) is 0.409. The van der Waals surface area contributed by atoms with Gasteiger partial charge in [0.05, 0.1) is 6.07 Å². The maximum Gasteiger partial charge on any atom is 0.276 e. The van der Waals surface area contributed by atoms with Gasteiger partial charge in [-0.15, -0.1) is 0 Å². The van der Waals surface area contributed by atoms with Gasteiger partial charge in [0.2, 0.25) is 0 Å². The molecule has 21 heavy (non-hydrogen) atoms. The van der Waals surface area contributed by atoms with E-state index in [4.69, 9.17) is 11.6 Å². The highest BCUT2D eigenvalue weighted by Gasteiger charge is 2.43. The summed E-state index contributed by atoms with van der Waals surface area (Å²) in [4.78, 5) is 12.0. The smallest absolute Gasteiger partial charge is 0.276 e. The fourth-order valence-electron chi connectivity index (χ4n) is 2.41. The third kappa shape index (κ3) is 4.20. The molecule has 112 valence electrons. The molecule has 4 nitrogen and oxygen atoms in total. The van der Waals surface area contributed by atoms with E-state index in [1.807, 2.05) is 43.4 Å². The van der Waals surface area contributed by atoms with Crippen LogP contribution in [0.5, 0.6) is 0 Å². The number of hydrogen-bond acceptors (Lipinski definition) is 2. The molecule has 0 bridgehead atoms. The van der Waals surface area contributed by atoms with Crippen LogP contribution in [0.25, 0.3) is 0 Å². The van der Waals surface area contributed by atoms with Gasteiger partial charge >= 0.3 is 0 Å². The van der Waals surface area contributed by atoms with Gasteiger partial charge in [-0.25, -0.2) is 0 Å². The van der Waals surface area contributed by atoms with E-state index in [0.29, 0.717) is 17.5 Å². The first-order valence-corrected chi connectivity index (χ1v) is 7.63. The molecule has 3 N–H and O–H groups in total. The van der Waals surface area contributed by atoms with Crippen LogP contribution in [0.15, 0.2) is 24.3 Å². The third-order valence-electron chi connectivity index (χ3n) is 4.08. The number of halogens is 1. The van der Waals surface area contributed by atoms with Gasteiger partial charge in [0.15, 0.2) is 6.54 Å². The lowest BCUT2D eigenvalue weighted by molar-refractivity contribution is -0.682. The standard InChI is InChI=1S/C16H20ClN3O/c1-11(12-3-7-14(17)8-4-12)19-9-15(21)20-16(2,10-18)13-5-6-13/h3-4,7-8,11,13,19H,5-6,9H2,1-2H3,(H,20,21)/p+1/t11-,16+/m0/s1. The Morgan fingerprint density at radius 3 is 2.67 bits per heavy atom. The second kappa shape index (κ2) is 6.46. The average molecular weight is 307 g/mol. The fourth-order valence-corrected chi connectivity index (χ4v) is 2.53. The van der Waals surface area contributed by atoms with Crippen molar-refractivity contribution >= 4 is 17.5 Å². The molecular weight excluding hydrogens is 286 g/mol. The summed E-state index contributed by atoms with van der Waals surface area (Å²) in [6.07, 6.45) is 2.05. The van der Waals surface area contributed by atoms with Crippen LogP contribution >= 0.6 is 11.6 Å². The van der Waals surface area contributed by atoms with Gasteiger partial charge in [0.25, 0.3) is 5.91 Å². The zero-order valence-electron chi connectivity index (χ0n) is 12.4. The highest BCUT2D eigenvalue weighted by molar-refractivity contribution is 6.30. The van der Waals surface area contributed by atoms with Crippen molar-refractivity contribution in [2.75, 3.05) is 6.54 Å². The van der Waals surface area contributed by atoms with Crippen LogP contribution in [0.4, 0.5) is 0 Å². The number of benzene rings is 1. The lowest BCUT2D eigenvalue weighted by Crippen LogP contribution is -2.87. The lowest BCUT2D eigenvalue weighted by atomic mass is 9.98. The molecule has 2 atom stereocenters. The van der Waals surface area contributed by atoms with E-state index in [2.05, 4.69) is 11.4 Å². The summed E-state index contributed by atoms with van der Waals surface area (Å²) in [5, 5.41) is 14.8. The SMILES string of the molecule is C[C@H]([NH2+]CC(=O)N[C@](C)(C#N)C1CC1)c1ccc(Cl)cc1. The molecule has 1 aliphatic rings. The molecular formula is C16H21ClN3O+. The Bertz CT molecular complexity index is 548. The van der Waals surface area contributed by atoms with Crippen molar-refractivity contribution in [3.05, 3.63) is 34.9 Å². The van der Waals surface area contributed by atoms with Crippen molar-refractivity contribution in [2.24, 2.45) is 5.92 Å². The summed E-state index contributed by atoms with van der Waals surface area (Å²) >= 11 is 5.86. The number of nitrogens with two attached hydrogens (primary N) is 1. The molecule has 1 aliphatic carbocycles. The first kappa shape index (κ1) is 15.8. The first-order chi connectivity index (χ1) is 9.94. The Labute approximate surface area is 130 Å². The molecule has 1 aromatic rings. The van der Waals surface area contributed by atoms with Gasteiger partial charge in [-0.1, -0.05) is 23.7 Å². The number of nitriles is 1. The van der Waals surface area contributed by atoms with E-state index < -0.39 is 5.54 Å². The molecule has 0 radical (unpaired) electrons. The molecule has 0 aromatic heterocycles. The molecule has 0 aliphatic heterocycles. The highest BCUT2D eigenvalue weighted by Crippen LogP contribution is 2.39. The summed E-state index contributed by atoms with van der Waals surface area (Å²) in [7, 11) is 0. The summed E-state index contributed by atoms with van der Waals surface area (Å²) in [6, 6.07) is 10.0. The molecule has 0 saturated heterocycles. The number of amides is 1. The van der Waals surface area contributed by atoms with Crippen LogP contribution in [0.2, 0.25) is 5.02 Å². The zero-order chi connectivity index (χ0) is 15.5. The quantitative estimate of drug-likeness (QED) is 0.841. The molecule has 1 aromatic carbocycles. The Balaban J connectivity index is 1.83. The molecule has 0 spiro atoms. The fraction of sp³-hybridized carbons (Fsp3) is 0.500. The van der Waals surface area contributed by atoms with E-state index in [-0.39, 0.29) is 11.9 Å². The lowest BCUT2D eigenvalue weighted by Gasteiger charge is -2.22. The van der Waals surface area contributed by atoms with Crippen LogP contribution in [0, 0.1) is 17.2 Å². The molecule has 1 amide bonds. The van der Waals surface area contributed by atoms with Gasteiger partial charge in [-0.05, 0) is 44.7 Å². The van der Waals surface area contributed by atoms with Gasteiger partial charge < -0.3 is 10.6 Å². The van der Waals surface area contributed by atoms with E-state index >= 15 is 0 Å². The van der Waals surface area contributed by atoms with Crippen molar-refractivity contribution in [3.63, 3.8) is 0 Å². The zero-order valence-corrected chi connectivity index (χ0v) is 13.2. The van der Waals surface area contributed by atoms with Gasteiger partial charge in [0.1, 0.15) is 11.6 Å². The second-order valence-electron chi connectivity index (χ2n) is 5.92. The minimum absolute atomic E-state index is 0.0910. The molecule has 2 rings (SSSR count). The third-order valence-corrected chi connectivity index (χ3v) is 4.33. The normalized spacial score (nSPS) is 18.4. The van der Waals surface area contributed by atoms with Crippen LogP contribution in [0.1, 0.15) is 38.3 Å². The van der Waals surface area contributed by atoms with Crippen molar-refractivity contribution < 1.29 is 10.1 Å². The Morgan fingerprint density at radius 1 is 1.52 bits per heavy atom. The molecule has 0 unspecified atom stereocenters. The molecule has 1 saturated carbocycles. The second-order valence-corrected chi connectivity index (χ2v) is 6.35. The van der Waals surface area contributed by atoms with E-state index in [0.717, 1.165) is 18.4 Å². The predicted octanol–water partition coefficient (Wildman–Crippen LogP) is 1.77. The van der Waals surface area contributed by atoms with Crippen LogP contribution in [-0.2, 0) is 4.79 Å². The van der Waals surface area contributed by atoms with E-state index in [9.17, 15) is 10.1 Å².